The molecule has 0 amide bonds. The Morgan fingerprint density at radius 1 is 0.490 bits per heavy atom. The molecule has 49 heavy (non-hydrogen) atoms. The van der Waals surface area contributed by atoms with Crippen LogP contribution in [0, 0.1) is 5.41 Å². The number of rotatable bonds is 23. The highest BCUT2D eigenvalue weighted by atomic mass is 16.7. The van der Waals surface area contributed by atoms with Crippen LogP contribution in [0.1, 0.15) is 38.0 Å². The third-order valence-corrected chi connectivity index (χ3v) is 6.70. The van der Waals surface area contributed by atoms with Crippen molar-refractivity contribution in [2.45, 2.75) is 25.2 Å². The summed E-state index contributed by atoms with van der Waals surface area (Å²) in [6, 6.07) is 25.2. The first-order valence-corrected chi connectivity index (χ1v) is 15.7. The molecule has 13 nitrogen and oxygen atoms in total. The second kappa shape index (κ2) is 21.7. The van der Waals surface area contributed by atoms with Crippen molar-refractivity contribution in [3.8, 4) is 0 Å². The number of benzene rings is 3. The molecule has 0 heterocycles. The van der Waals surface area contributed by atoms with Crippen molar-refractivity contribution in [3.05, 3.63) is 108 Å². The van der Waals surface area contributed by atoms with Gasteiger partial charge in [0.15, 0.2) is 0 Å². The molecule has 13 heteroatoms. The van der Waals surface area contributed by atoms with Gasteiger partial charge in [-0.1, -0.05) is 61.5 Å². The molecule has 3 aromatic rings. The third kappa shape index (κ3) is 15.7. The highest BCUT2D eigenvalue weighted by molar-refractivity contribution is 5.90. The zero-order valence-corrected chi connectivity index (χ0v) is 27.4. The fourth-order valence-corrected chi connectivity index (χ4v) is 4.17. The van der Waals surface area contributed by atoms with Crippen molar-refractivity contribution < 1.29 is 62.9 Å². The van der Waals surface area contributed by atoms with Crippen molar-refractivity contribution >= 4 is 17.9 Å². The fourth-order valence-electron chi connectivity index (χ4n) is 4.17. The first-order chi connectivity index (χ1) is 23.6. The summed E-state index contributed by atoms with van der Waals surface area (Å²) in [4.78, 5) is 36.3. The van der Waals surface area contributed by atoms with Gasteiger partial charge < -0.3 is 48.5 Å². The standard InChI is InChI=1S/C36H44O13/c1-36(23-43-17-30(37)20-47-33(40)27-11-5-2-6-12-27,24-44-18-31(38)21-48-34(41)28-13-7-3-8-14-28)25-46-26-45-19-32(39)22-49-35(42)29-15-9-4-10-16-29/h2-16,30-32,37-39H,17-26H2,1H3. The van der Waals surface area contributed by atoms with Crippen LogP contribution < -0.4 is 0 Å². The molecule has 0 aliphatic carbocycles. The van der Waals surface area contributed by atoms with E-state index in [-0.39, 0.29) is 66.3 Å². The number of esters is 3. The van der Waals surface area contributed by atoms with Crippen molar-refractivity contribution in [2.75, 3.05) is 66.3 Å². The molecular weight excluding hydrogens is 640 g/mol. The molecule has 0 saturated carbocycles. The molecule has 0 spiro atoms. The molecule has 0 saturated heterocycles. The van der Waals surface area contributed by atoms with E-state index in [4.69, 9.17) is 33.2 Å². The lowest BCUT2D eigenvalue weighted by atomic mass is 9.94. The maximum Gasteiger partial charge on any atom is 0.338 e. The minimum absolute atomic E-state index is 0.0356. The smallest absolute Gasteiger partial charge is 0.338 e. The van der Waals surface area contributed by atoms with E-state index >= 15 is 0 Å². The summed E-state index contributed by atoms with van der Waals surface area (Å²) in [6.07, 6.45) is -3.27. The van der Waals surface area contributed by atoms with Crippen LogP contribution in [0.5, 0.6) is 0 Å². The van der Waals surface area contributed by atoms with Gasteiger partial charge in [-0.3, -0.25) is 0 Å². The number of carbonyl (C=O) groups is 3. The van der Waals surface area contributed by atoms with Crippen LogP contribution >= 0.6 is 0 Å². The second-order valence-corrected chi connectivity index (χ2v) is 11.5. The number of carbonyl (C=O) groups excluding carboxylic acids is 3. The number of aliphatic hydroxyl groups excluding tert-OH is 3. The van der Waals surface area contributed by atoms with Crippen molar-refractivity contribution in [3.63, 3.8) is 0 Å². The zero-order chi connectivity index (χ0) is 35.3. The van der Waals surface area contributed by atoms with E-state index in [1.165, 1.54) is 0 Å². The van der Waals surface area contributed by atoms with Crippen molar-refractivity contribution in [2.24, 2.45) is 5.41 Å². The van der Waals surface area contributed by atoms with E-state index in [0.717, 1.165) is 0 Å². The summed E-state index contributed by atoms with van der Waals surface area (Å²) in [5.74, 6) is -1.71. The van der Waals surface area contributed by atoms with E-state index in [1.54, 1.807) is 97.9 Å². The maximum atomic E-state index is 12.1. The lowest BCUT2D eigenvalue weighted by Crippen LogP contribution is -2.37. The van der Waals surface area contributed by atoms with Crippen molar-refractivity contribution in [1.29, 1.82) is 0 Å². The van der Waals surface area contributed by atoms with Crippen LogP contribution in [-0.4, -0.2) is 118 Å². The van der Waals surface area contributed by atoms with Gasteiger partial charge >= 0.3 is 17.9 Å². The number of ether oxygens (including phenoxy) is 7. The first kappa shape index (κ1) is 39.2. The van der Waals surface area contributed by atoms with E-state index in [9.17, 15) is 29.7 Å². The maximum absolute atomic E-state index is 12.1. The molecule has 0 aliphatic rings. The van der Waals surface area contributed by atoms with Gasteiger partial charge in [-0.25, -0.2) is 14.4 Å². The third-order valence-electron chi connectivity index (χ3n) is 6.70. The average molecular weight is 685 g/mol. The summed E-state index contributed by atoms with van der Waals surface area (Å²) < 4.78 is 37.8. The number of hydrogen-bond donors (Lipinski definition) is 3. The molecule has 3 aromatic carbocycles. The highest BCUT2D eigenvalue weighted by Gasteiger charge is 2.27. The minimum atomic E-state index is -1.10. The fraction of sp³-hybridized carbons (Fsp3) is 0.417. The quantitative estimate of drug-likeness (QED) is 0.0576. The van der Waals surface area contributed by atoms with E-state index in [1.807, 2.05) is 0 Å². The minimum Gasteiger partial charge on any atom is -0.459 e. The van der Waals surface area contributed by atoms with Crippen LogP contribution in [0.25, 0.3) is 0 Å². The lowest BCUT2D eigenvalue weighted by molar-refractivity contribution is -0.133. The predicted octanol–water partition coefficient (Wildman–Crippen LogP) is 2.67. The second-order valence-electron chi connectivity index (χ2n) is 11.5. The summed E-state index contributed by atoms with van der Waals surface area (Å²) >= 11 is 0. The molecule has 3 rings (SSSR count). The van der Waals surface area contributed by atoms with Gasteiger partial charge in [-0.15, -0.1) is 0 Å². The summed E-state index contributed by atoms with van der Waals surface area (Å²) in [6.45, 7) is 0.410. The van der Waals surface area contributed by atoms with Crippen LogP contribution in [0.3, 0.4) is 0 Å². The molecule has 0 radical (unpaired) electrons. The Labute approximate surface area is 285 Å². The van der Waals surface area contributed by atoms with Gasteiger partial charge in [-0.2, -0.15) is 0 Å². The van der Waals surface area contributed by atoms with Gasteiger partial charge in [0, 0.05) is 5.41 Å². The molecule has 0 aliphatic heterocycles. The molecule has 0 fully saturated rings. The molecule has 266 valence electrons. The SMILES string of the molecule is CC(COCOCC(O)COC(=O)c1ccccc1)(COCC(O)COC(=O)c1ccccc1)COCC(O)COC(=O)c1ccccc1. The number of hydrogen-bond acceptors (Lipinski definition) is 13. The summed E-state index contributed by atoms with van der Waals surface area (Å²) in [5, 5.41) is 30.7. The molecule has 3 atom stereocenters. The number of aliphatic hydroxyl groups is 3. The summed E-state index contributed by atoms with van der Waals surface area (Å²) in [7, 11) is 0. The molecule has 0 aromatic heterocycles. The predicted molar refractivity (Wildman–Crippen MR) is 175 cm³/mol. The zero-order valence-electron chi connectivity index (χ0n) is 27.4. The molecule has 3 unspecified atom stereocenters. The van der Waals surface area contributed by atoms with Gasteiger partial charge in [0.25, 0.3) is 0 Å². The van der Waals surface area contributed by atoms with Crippen LogP contribution in [0.2, 0.25) is 0 Å². The largest absolute Gasteiger partial charge is 0.459 e. The van der Waals surface area contributed by atoms with Crippen LogP contribution in [0.15, 0.2) is 91.0 Å². The van der Waals surface area contributed by atoms with Gasteiger partial charge in [-0.05, 0) is 36.4 Å². The Hall–Kier alpha value is -4.21. The Bertz CT molecular complexity index is 1300. The molecule has 3 N–H and O–H groups in total. The van der Waals surface area contributed by atoms with Crippen molar-refractivity contribution in [1.82, 2.24) is 0 Å². The monoisotopic (exact) mass is 684 g/mol. The van der Waals surface area contributed by atoms with E-state index < -0.39 is 41.6 Å². The first-order valence-electron chi connectivity index (χ1n) is 15.7. The summed E-state index contributed by atoms with van der Waals surface area (Å²) in [5.41, 5.74) is 0.271. The highest BCUT2D eigenvalue weighted by Crippen LogP contribution is 2.19. The van der Waals surface area contributed by atoms with Gasteiger partial charge in [0.1, 0.15) is 44.9 Å². The molecular formula is C36H44O13. The normalized spacial score (nSPS) is 14.2. The Kier molecular flexibility index (Phi) is 17.4. The molecule has 0 bridgehead atoms. The topological polar surface area (TPSA) is 177 Å². The van der Waals surface area contributed by atoms with E-state index in [2.05, 4.69) is 0 Å². The Balaban J connectivity index is 1.40. The lowest BCUT2D eigenvalue weighted by Gasteiger charge is -2.30. The van der Waals surface area contributed by atoms with Gasteiger partial charge in [0.05, 0.1) is 56.3 Å². The van der Waals surface area contributed by atoms with E-state index in [0.29, 0.717) is 16.7 Å². The average Bonchev–Trinajstić information content (AvgIpc) is 3.12. The van der Waals surface area contributed by atoms with Crippen LogP contribution in [0.4, 0.5) is 0 Å². The van der Waals surface area contributed by atoms with Gasteiger partial charge in [0.2, 0.25) is 0 Å². The van der Waals surface area contributed by atoms with Crippen LogP contribution in [-0.2, 0) is 33.2 Å². The Morgan fingerprint density at radius 3 is 1.14 bits per heavy atom. The Morgan fingerprint density at radius 2 is 0.796 bits per heavy atom.